The van der Waals surface area contributed by atoms with E-state index in [9.17, 15) is 4.39 Å². The van der Waals surface area contributed by atoms with Crippen molar-refractivity contribution in [1.29, 1.82) is 0 Å². The van der Waals surface area contributed by atoms with E-state index in [4.69, 9.17) is 4.74 Å². The Morgan fingerprint density at radius 3 is 3.00 bits per heavy atom. The molecule has 1 heterocycles. The molecule has 1 aliphatic heterocycles. The first-order valence-electron chi connectivity index (χ1n) is 7.98. The van der Waals surface area contributed by atoms with Crippen molar-refractivity contribution in [1.82, 2.24) is 10.2 Å². The van der Waals surface area contributed by atoms with Crippen LogP contribution in [0.25, 0.3) is 0 Å². The topological polar surface area (TPSA) is 24.5 Å². The lowest BCUT2D eigenvalue weighted by atomic mass is 10.0. The smallest absolute Gasteiger partial charge is 0.123 e. The minimum absolute atomic E-state index is 0.164. The van der Waals surface area contributed by atoms with E-state index in [1.54, 1.807) is 12.1 Å². The third-order valence-corrected chi connectivity index (χ3v) is 4.04. The van der Waals surface area contributed by atoms with Crippen LogP contribution in [0.4, 0.5) is 4.39 Å². The molecule has 0 aromatic heterocycles. The largest absolute Gasteiger partial charge is 0.377 e. The number of rotatable bonds is 8. The summed E-state index contributed by atoms with van der Waals surface area (Å²) >= 11 is 0. The molecule has 2 unspecified atom stereocenters. The van der Waals surface area contributed by atoms with E-state index in [0.717, 1.165) is 38.2 Å². The molecule has 4 heteroatoms. The fraction of sp³-hybridized carbons (Fsp3) is 0.647. The highest BCUT2D eigenvalue weighted by Gasteiger charge is 2.18. The number of nitrogens with one attached hydrogen (secondary N) is 1. The van der Waals surface area contributed by atoms with Crippen LogP contribution >= 0.6 is 0 Å². The van der Waals surface area contributed by atoms with E-state index in [2.05, 4.69) is 24.2 Å². The van der Waals surface area contributed by atoms with E-state index in [0.29, 0.717) is 6.10 Å². The molecule has 21 heavy (non-hydrogen) atoms. The highest BCUT2D eigenvalue weighted by molar-refractivity contribution is 5.20. The molecule has 1 aromatic rings. The second-order valence-electron chi connectivity index (χ2n) is 5.85. The highest BCUT2D eigenvalue weighted by Crippen LogP contribution is 2.19. The number of hydrogen-bond acceptors (Lipinski definition) is 3. The number of hydrogen-bond donors (Lipinski definition) is 1. The molecule has 0 bridgehead atoms. The van der Waals surface area contributed by atoms with Crippen LogP contribution in [0, 0.1) is 5.82 Å². The molecule has 1 saturated heterocycles. The van der Waals surface area contributed by atoms with Gasteiger partial charge in [0.15, 0.2) is 0 Å². The zero-order valence-corrected chi connectivity index (χ0v) is 13.1. The van der Waals surface area contributed by atoms with Gasteiger partial charge < -0.3 is 15.0 Å². The molecule has 1 aromatic carbocycles. The molecule has 0 saturated carbocycles. The molecule has 1 N–H and O–H groups in total. The Bertz CT molecular complexity index is 421. The van der Waals surface area contributed by atoms with Crippen LogP contribution in [0.15, 0.2) is 24.3 Å². The first-order chi connectivity index (χ1) is 10.2. The second kappa shape index (κ2) is 8.47. The van der Waals surface area contributed by atoms with Crippen molar-refractivity contribution >= 4 is 0 Å². The standard InChI is InChI=1S/C17H27FN2O/c1-3-19-17(14-6-4-7-15(18)12-14)9-10-20(2)13-16-8-5-11-21-16/h4,6-7,12,16-17,19H,3,5,8-11,13H2,1-2H3. The third kappa shape index (κ3) is 5.38. The second-order valence-corrected chi connectivity index (χ2v) is 5.85. The third-order valence-electron chi connectivity index (χ3n) is 4.04. The number of benzene rings is 1. The average molecular weight is 294 g/mol. The van der Waals surface area contributed by atoms with Crippen LogP contribution < -0.4 is 5.32 Å². The first kappa shape index (κ1) is 16.4. The predicted octanol–water partition coefficient (Wildman–Crippen LogP) is 2.98. The van der Waals surface area contributed by atoms with Crippen LogP contribution in [-0.2, 0) is 4.74 Å². The number of likely N-dealkylation sites (N-methyl/N-ethyl adjacent to an activating group) is 1. The maximum absolute atomic E-state index is 13.4. The van der Waals surface area contributed by atoms with E-state index >= 15 is 0 Å². The summed E-state index contributed by atoms with van der Waals surface area (Å²) in [6, 6.07) is 7.11. The molecule has 1 aliphatic rings. The molecule has 0 spiro atoms. The predicted molar refractivity (Wildman–Crippen MR) is 83.9 cm³/mol. The van der Waals surface area contributed by atoms with E-state index in [-0.39, 0.29) is 11.9 Å². The average Bonchev–Trinajstić information content (AvgIpc) is 2.96. The lowest BCUT2D eigenvalue weighted by Gasteiger charge is -2.24. The maximum atomic E-state index is 13.4. The van der Waals surface area contributed by atoms with Crippen molar-refractivity contribution in [3.05, 3.63) is 35.6 Å². The first-order valence-corrected chi connectivity index (χ1v) is 7.98. The molecule has 1 fully saturated rings. The van der Waals surface area contributed by atoms with Gasteiger partial charge in [0, 0.05) is 19.2 Å². The van der Waals surface area contributed by atoms with Gasteiger partial charge in [-0.25, -0.2) is 4.39 Å². The summed E-state index contributed by atoms with van der Waals surface area (Å²) in [7, 11) is 2.14. The summed E-state index contributed by atoms with van der Waals surface area (Å²) in [5.74, 6) is -0.164. The van der Waals surface area contributed by atoms with Crippen LogP contribution in [0.5, 0.6) is 0 Å². The van der Waals surface area contributed by atoms with Crippen molar-refractivity contribution in [2.24, 2.45) is 0 Å². The van der Waals surface area contributed by atoms with Gasteiger partial charge in [-0.1, -0.05) is 19.1 Å². The van der Waals surface area contributed by atoms with Gasteiger partial charge in [0.1, 0.15) is 5.82 Å². The Morgan fingerprint density at radius 2 is 2.33 bits per heavy atom. The van der Waals surface area contributed by atoms with Crippen molar-refractivity contribution < 1.29 is 9.13 Å². The Labute approximate surface area is 127 Å². The lowest BCUT2D eigenvalue weighted by Crippen LogP contribution is -2.32. The van der Waals surface area contributed by atoms with Gasteiger partial charge in [-0.15, -0.1) is 0 Å². The normalized spacial score (nSPS) is 20.1. The van der Waals surface area contributed by atoms with E-state index in [1.807, 2.05) is 6.07 Å². The summed E-state index contributed by atoms with van der Waals surface area (Å²) < 4.78 is 19.1. The number of ether oxygens (including phenoxy) is 1. The molecule has 3 nitrogen and oxygen atoms in total. The van der Waals surface area contributed by atoms with Crippen LogP contribution in [0.1, 0.15) is 37.8 Å². The zero-order valence-electron chi connectivity index (χ0n) is 13.1. The van der Waals surface area contributed by atoms with Gasteiger partial charge in [-0.05, 0) is 57.1 Å². The van der Waals surface area contributed by atoms with E-state index in [1.165, 1.54) is 18.9 Å². The molecule has 118 valence electrons. The lowest BCUT2D eigenvalue weighted by molar-refractivity contribution is 0.0801. The fourth-order valence-electron chi connectivity index (χ4n) is 2.93. The monoisotopic (exact) mass is 294 g/mol. The van der Waals surface area contributed by atoms with Gasteiger partial charge in [0.25, 0.3) is 0 Å². The molecular weight excluding hydrogens is 267 g/mol. The number of halogens is 1. The molecular formula is C17H27FN2O. The van der Waals surface area contributed by atoms with Crippen LogP contribution in [-0.4, -0.2) is 44.3 Å². The fourth-order valence-corrected chi connectivity index (χ4v) is 2.93. The zero-order chi connectivity index (χ0) is 15.1. The van der Waals surface area contributed by atoms with Gasteiger partial charge in [0.05, 0.1) is 6.10 Å². The van der Waals surface area contributed by atoms with Gasteiger partial charge in [0.2, 0.25) is 0 Å². The minimum atomic E-state index is -0.164. The maximum Gasteiger partial charge on any atom is 0.123 e. The minimum Gasteiger partial charge on any atom is -0.377 e. The quantitative estimate of drug-likeness (QED) is 0.798. The summed E-state index contributed by atoms with van der Waals surface area (Å²) in [5, 5.41) is 3.45. The summed E-state index contributed by atoms with van der Waals surface area (Å²) in [6.45, 7) is 5.84. The molecule has 2 rings (SSSR count). The Morgan fingerprint density at radius 1 is 1.48 bits per heavy atom. The highest BCUT2D eigenvalue weighted by atomic mass is 19.1. The van der Waals surface area contributed by atoms with Crippen molar-refractivity contribution in [2.75, 3.05) is 33.3 Å². The molecule has 0 aliphatic carbocycles. The Balaban J connectivity index is 1.84. The Kier molecular flexibility index (Phi) is 6.61. The summed E-state index contributed by atoms with van der Waals surface area (Å²) in [4.78, 5) is 2.32. The molecule has 2 atom stereocenters. The molecule has 0 amide bonds. The van der Waals surface area contributed by atoms with Crippen molar-refractivity contribution in [3.63, 3.8) is 0 Å². The molecule has 0 radical (unpaired) electrons. The Hall–Kier alpha value is -0.970. The SMILES string of the molecule is CCNC(CCN(C)CC1CCCO1)c1cccc(F)c1. The van der Waals surface area contributed by atoms with E-state index < -0.39 is 0 Å². The van der Waals surface area contributed by atoms with Crippen molar-refractivity contribution in [2.45, 2.75) is 38.3 Å². The van der Waals surface area contributed by atoms with Gasteiger partial charge in [-0.2, -0.15) is 0 Å². The van der Waals surface area contributed by atoms with Gasteiger partial charge >= 0.3 is 0 Å². The number of nitrogens with zero attached hydrogens (tertiary/aromatic N) is 1. The van der Waals surface area contributed by atoms with Crippen LogP contribution in [0.2, 0.25) is 0 Å². The van der Waals surface area contributed by atoms with Crippen LogP contribution in [0.3, 0.4) is 0 Å². The van der Waals surface area contributed by atoms with Gasteiger partial charge in [-0.3, -0.25) is 0 Å². The summed E-state index contributed by atoms with van der Waals surface area (Å²) in [6.07, 6.45) is 3.72. The van der Waals surface area contributed by atoms with Crippen molar-refractivity contribution in [3.8, 4) is 0 Å². The summed E-state index contributed by atoms with van der Waals surface area (Å²) in [5.41, 5.74) is 1.03.